The Labute approximate surface area is 107 Å². The molecule has 0 aliphatic carbocycles. The molecule has 0 saturated heterocycles. The number of nitrogens with one attached hydrogen (secondary N) is 2. The Balaban J connectivity index is 2.56. The summed E-state index contributed by atoms with van der Waals surface area (Å²) in [5.41, 5.74) is 3.70. The number of carbonyl (C=O) groups is 3. The third-order valence-corrected chi connectivity index (χ3v) is 2.36. The van der Waals surface area contributed by atoms with E-state index in [1.807, 2.05) is 0 Å². The van der Waals surface area contributed by atoms with Gasteiger partial charge in [0.25, 0.3) is 0 Å². The zero-order valence-electron chi connectivity index (χ0n) is 9.92. The first kappa shape index (κ1) is 14.6. The van der Waals surface area contributed by atoms with Crippen LogP contribution in [-0.2, 0) is 20.8 Å². The fourth-order valence-corrected chi connectivity index (χ4v) is 1.37. The number of aromatic nitrogens is 2. The minimum absolute atomic E-state index is 0.0405. The maximum Gasteiger partial charge on any atom is 0.226 e. The number of hydrogen-bond donors (Lipinski definition) is 3. The number of carboxylic acid groups (broad SMARTS) is 2. The summed E-state index contributed by atoms with van der Waals surface area (Å²) in [6.07, 6.45) is 2.27. The molecule has 0 unspecified atom stereocenters. The molecule has 0 bridgehead atoms. The van der Waals surface area contributed by atoms with E-state index in [1.54, 1.807) is 0 Å². The highest BCUT2D eigenvalue weighted by Gasteiger charge is 2.18. The smallest absolute Gasteiger partial charge is 0.226 e. The van der Waals surface area contributed by atoms with Crippen molar-refractivity contribution in [3.05, 3.63) is 18.2 Å². The Kier molecular flexibility index (Phi) is 5.01. The summed E-state index contributed by atoms with van der Waals surface area (Å²) >= 11 is 0. The zero-order valence-corrected chi connectivity index (χ0v) is 9.92. The van der Waals surface area contributed by atoms with Gasteiger partial charge in [0, 0.05) is 18.3 Å². The van der Waals surface area contributed by atoms with Gasteiger partial charge in [-0.3, -0.25) is 4.79 Å². The Morgan fingerprint density at radius 1 is 1.37 bits per heavy atom. The number of carbonyl (C=O) groups excluding carboxylic acids is 3. The molecule has 19 heavy (non-hydrogen) atoms. The van der Waals surface area contributed by atoms with Crippen LogP contribution in [0.25, 0.3) is 0 Å². The maximum absolute atomic E-state index is 11.4. The largest absolute Gasteiger partial charge is 0.548 e. The van der Waals surface area contributed by atoms with Crippen molar-refractivity contribution >= 4 is 17.8 Å². The van der Waals surface area contributed by atoms with Gasteiger partial charge in [-0.2, -0.15) is 0 Å². The number of imidazole rings is 1. The average molecular weight is 269 g/mol. The van der Waals surface area contributed by atoms with E-state index in [4.69, 9.17) is 0 Å². The molecule has 1 rings (SSSR count). The van der Waals surface area contributed by atoms with Crippen molar-refractivity contribution in [3.8, 4) is 0 Å². The predicted molar refractivity (Wildman–Crippen MR) is 55.5 cm³/mol. The molecule has 0 aromatic carbocycles. The molecule has 2 atom stereocenters. The van der Waals surface area contributed by atoms with E-state index in [-0.39, 0.29) is 6.42 Å². The zero-order chi connectivity index (χ0) is 14.4. The van der Waals surface area contributed by atoms with Crippen LogP contribution in [0.4, 0.5) is 0 Å². The lowest BCUT2D eigenvalue weighted by Gasteiger charge is -2.19. The molecule has 0 aliphatic heterocycles. The monoisotopic (exact) mass is 269 g/mol. The second-order valence-corrected chi connectivity index (χ2v) is 3.94. The lowest BCUT2D eigenvalue weighted by atomic mass is 10.1. The Morgan fingerprint density at radius 3 is 2.53 bits per heavy atom. The van der Waals surface area contributed by atoms with Crippen LogP contribution in [0.2, 0.25) is 0 Å². The number of amides is 1. The van der Waals surface area contributed by atoms with E-state index in [0.717, 1.165) is 0 Å². The standard InChI is InChI=1S/C10H14N4O5/c11-6(9(16)17)2-8(15)14-7(10(18)19)1-5-3-12-4-13-5/h3-4,6-7H,1-2,11H2,(H,12,13)(H,14,15)(H,16,17)(H,18,19)/p-1/t6-,7-/m0/s1. The van der Waals surface area contributed by atoms with E-state index < -0.39 is 36.4 Å². The van der Waals surface area contributed by atoms with Crippen molar-refractivity contribution < 1.29 is 30.3 Å². The highest BCUT2D eigenvalue weighted by molar-refractivity contribution is 5.86. The molecule has 0 saturated carbocycles. The molecule has 5 N–H and O–H groups in total. The number of quaternary nitrogens is 1. The minimum atomic E-state index is -1.48. The first-order valence-electron chi connectivity index (χ1n) is 5.41. The number of hydrogen-bond acceptors (Lipinski definition) is 6. The predicted octanol–water partition coefficient (Wildman–Crippen LogP) is -5.06. The third kappa shape index (κ3) is 4.76. The van der Waals surface area contributed by atoms with Gasteiger partial charge in [0.15, 0.2) is 0 Å². The normalized spacial score (nSPS) is 13.5. The number of nitrogens with zero attached hydrogens (tertiary/aromatic N) is 1. The number of rotatable bonds is 7. The van der Waals surface area contributed by atoms with Crippen molar-refractivity contribution in [1.29, 1.82) is 0 Å². The van der Waals surface area contributed by atoms with Crippen LogP contribution in [-0.4, -0.2) is 39.9 Å². The van der Waals surface area contributed by atoms with Crippen molar-refractivity contribution in [1.82, 2.24) is 15.3 Å². The fraction of sp³-hybridized carbons (Fsp3) is 0.400. The summed E-state index contributed by atoms with van der Waals surface area (Å²) in [5.74, 6) is -3.70. The summed E-state index contributed by atoms with van der Waals surface area (Å²) in [6, 6.07) is -2.52. The van der Waals surface area contributed by atoms with Crippen LogP contribution in [0, 0.1) is 0 Å². The lowest BCUT2D eigenvalue weighted by molar-refractivity contribution is -0.436. The van der Waals surface area contributed by atoms with E-state index in [0.29, 0.717) is 5.69 Å². The molecule has 0 aliphatic rings. The van der Waals surface area contributed by atoms with Gasteiger partial charge < -0.3 is 35.8 Å². The van der Waals surface area contributed by atoms with Gasteiger partial charge in [-0.25, -0.2) is 4.98 Å². The van der Waals surface area contributed by atoms with Gasteiger partial charge in [0.1, 0.15) is 6.04 Å². The van der Waals surface area contributed by atoms with E-state index >= 15 is 0 Å². The second kappa shape index (κ2) is 6.50. The first-order chi connectivity index (χ1) is 8.90. The number of aromatic amines is 1. The van der Waals surface area contributed by atoms with Gasteiger partial charge >= 0.3 is 0 Å². The van der Waals surface area contributed by atoms with Crippen molar-refractivity contribution in [2.45, 2.75) is 24.9 Å². The number of aliphatic carboxylic acids is 2. The maximum atomic E-state index is 11.4. The average Bonchev–Trinajstić information content (AvgIpc) is 2.80. The number of carboxylic acids is 2. The Hall–Kier alpha value is -2.42. The van der Waals surface area contributed by atoms with Crippen LogP contribution in [0.3, 0.4) is 0 Å². The summed E-state index contributed by atoms with van der Waals surface area (Å²) < 4.78 is 0. The van der Waals surface area contributed by atoms with Crippen LogP contribution in [0.1, 0.15) is 12.1 Å². The number of H-pyrrole nitrogens is 1. The Morgan fingerprint density at radius 2 is 2.05 bits per heavy atom. The van der Waals surface area contributed by atoms with Gasteiger partial charge in [-0.15, -0.1) is 0 Å². The molecule has 0 spiro atoms. The van der Waals surface area contributed by atoms with E-state index in [2.05, 4.69) is 21.0 Å². The topological polar surface area (TPSA) is 166 Å². The van der Waals surface area contributed by atoms with Gasteiger partial charge in [-0.1, -0.05) is 0 Å². The summed E-state index contributed by atoms with van der Waals surface area (Å²) in [5, 5.41) is 23.5. The summed E-state index contributed by atoms with van der Waals surface area (Å²) in [6.45, 7) is 0. The molecule has 0 fully saturated rings. The van der Waals surface area contributed by atoms with Crippen molar-refractivity contribution in [2.75, 3.05) is 0 Å². The molecule has 1 aromatic heterocycles. The molecular formula is C10H13N4O5-. The molecule has 1 amide bonds. The van der Waals surface area contributed by atoms with Crippen molar-refractivity contribution in [3.63, 3.8) is 0 Å². The van der Waals surface area contributed by atoms with E-state index in [9.17, 15) is 24.6 Å². The lowest BCUT2D eigenvalue weighted by Crippen LogP contribution is -2.69. The quantitative estimate of drug-likeness (QED) is 0.448. The summed E-state index contributed by atoms with van der Waals surface area (Å²) in [4.78, 5) is 39.1. The first-order valence-corrected chi connectivity index (χ1v) is 5.41. The highest BCUT2D eigenvalue weighted by Crippen LogP contribution is 1.98. The molecule has 0 radical (unpaired) electrons. The Bertz CT molecular complexity index is 458. The van der Waals surface area contributed by atoms with Crippen LogP contribution >= 0.6 is 0 Å². The van der Waals surface area contributed by atoms with Crippen molar-refractivity contribution in [2.24, 2.45) is 0 Å². The highest BCUT2D eigenvalue weighted by atomic mass is 16.4. The molecule has 1 aromatic rings. The molecule has 9 nitrogen and oxygen atoms in total. The molecule has 104 valence electrons. The SMILES string of the molecule is [NH3+][C@@H](CC(=O)N[C@@H](Cc1cnc[nH]1)C(=O)[O-])C(=O)[O-]. The molecular weight excluding hydrogens is 256 g/mol. The molecule has 9 heteroatoms. The third-order valence-electron chi connectivity index (χ3n) is 2.36. The summed E-state index contributed by atoms with van der Waals surface area (Å²) in [7, 11) is 0. The second-order valence-electron chi connectivity index (χ2n) is 3.94. The minimum Gasteiger partial charge on any atom is -0.548 e. The van der Waals surface area contributed by atoms with Gasteiger partial charge in [-0.05, 0) is 0 Å². The van der Waals surface area contributed by atoms with Crippen LogP contribution in [0.15, 0.2) is 12.5 Å². The van der Waals surface area contributed by atoms with Crippen LogP contribution in [0.5, 0.6) is 0 Å². The van der Waals surface area contributed by atoms with Gasteiger partial charge in [0.2, 0.25) is 5.91 Å². The van der Waals surface area contributed by atoms with E-state index in [1.165, 1.54) is 12.5 Å². The van der Waals surface area contributed by atoms with Crippen LogP contribution < -0.4 is 21.3 Å². The van der Waals surface area contributed by atoms with Gasteiger partial charge in [0.05, 0.1) is 30.7 Å². The molecule has 1 heterocycles. The fourth-order valence-electron chi connectivity index (χ4n) is 1.37.